The maximum atomic E-state index is 13.2. The van der Waals surface area contributed by atoms with Crippen LogP contribution in [-0.4, -0.2) is 57.1 Å². The number of nitrogens with zero attached hydrogens (tertiary/aromatic N) is 4. The predicted octanol–water partition coefficient (Wildman–Crippen LogP) is 3.76. The van der Waals surface area contributed by atoms with Gasteiger partial charge in [0, 0.05) is 44.2 Å². The molecule has 0 bridgehead atoms. The van der Waals surface area contributed by atoms with Crippen molar-refractivity contribution >= 4 is 5.91 Å². The number of carbonyl (C=O) groups is 1. The van der Waals surface area contributed by atoms with E-state index in [9.17, 15) is 4.79 Å². The molecule has 32 heavy (non-hydrogen) atoms. The molecule has 6 heteroatoms. The Hall–Kier alpha value is -2.99. The quantitative estimate of drug-likeness (QED) is 0.671. The first-order valence-electron chi connectivity index (χ1n) is 11.5. The number of aromatic amines is 1. The third-order valence-corrected chi connectivity index (χ3v) is 7.08. The number of aryl methyl sites for hydroxylation is 1. The van der Waals surface area contributed by atoms with Gasteiger partial charge in [-0.1, -0.05) is 56.3 Å². The molecular formula is C26H31N5O. The molecule has 0 saturated carbocycles. The van der Waals surface area contributed by atoms with Crippen molar-refractivity contribution in [3.05, 3.63) is 82.9 Å². The van der Waals surface area contributed by atoms with Crippen molar-refractivity contribution in [1.82, 2.24) is 25.0 Å². The van der Waals surface area contributed by atoms with Gasteiger partial charge >= 0.3 is 0 Å². The summed E-state index contributed by atoms with van der Waals surface area (Å²) in [6.07, 6.45) is 0. The van der Waals surface area contributed by atoms with Gasteiger partial charge < -0.3 is 4.90 Å². The highest BCUT2D eigenvalue weighted by atomic mass is 16.2. The van der Waals surface area contributed by atoms with Gasteiger partial charge in [-0.15, -0.1) is 0 Å². The fraction of sp³-hybridized carbons (Fsp3) is 0.423. The standard InChI is InChI=1S/C26H31N5O/c1-18(2)21-11-9-20(10-12-21)13-30-14-23-15-31(24(32)22-7-5-4-6-8-22)17-26(23,16-30)25-27-19(3)28-29-25/h4-12,18,23H,13-17H2,1-3H3,(H,27,28,29)/t23-,26-/m1/s1. The normalized spacial score (nSPS) is 23.1. The van der Waals surface area contributed by atoms with Gasteiger partial charge in [0.15, 0.2) is 5.82 Å². The Morgan fingerprint density at radius 1 is 1.09 bits per heavy atom. The second-order valence-corrected chi connectivity index (χ2v) is 9.72. The van der Waals surface area contributed by atoms with E-state index in [4.69, 9.17) is 4.98 Å². The molecule has 2 atom stereocenters. The Labute approximate surface area is 189 Å². The number of benzene rings is 2. The lowest BCUT2D eigenvalue weighted by Gasteiger charge is -2.27. The summed E-state index contributed by atoms with van der Waals surface area (Å²) in [6, 6.07) is 18.6. The van der Waals surface area contributed by atoms with Crippen molar-refractivity contribution in [2.75, 3.05) is 26.2 Å². The van der Waals surface area contributed by atoms with E-state index in [1.807, 2.05) is 42.2 Å². The molecule has 1 amide bonds. The Morgan fingerprint density at radius 3 is 2.50 bits per heavy atom. The third-order valence-electron chi connectivity index (χ3n) is 7.08. The zero-order valence-electron chi connectivity index (χ0n) is 19.1. The highest BCUT2D eigenvalue weighted by Crippen LogP contribution is 2.44. The molecule has 6 nitrogen and oxygen atoms in total. The minimum absolute atomic E-state index is 0.0995. The molecule has 3 heterocycles. The molecule has 2 aromatic carbocycles. The molecule has 0 aliphatic carbocycles. The largest absolute Gasteiger partial charge is 0.337 e. The molecule has 3 aromatic rings. The van der Waals surface area contributed by atoms with Crippen molar-refractivity contribution in [3.63, 3.8) is 0 Å². The van der Waals surface area contributed by atoms with Gasteiger partial charge in [-0.25, -0.2) is 4.98 Å². The van der Waals surface area contributed by atoms with Crippen LogP contribution in [0.25, 0.3) is 0 Å². The average Bonchev–Trinajstić information content (AvgIpc) is 3.47. The number of likely N-dealkylation sites (tertiary alicyclic amines) is 2. The van der Waals surface area contributed by atoms with Gasteiger partial charge in [0.25, 0.3) is 5.91 Å². The Kier molecular flexibility index (Phi) is 5.33. The molecule has 0 spiro atoms. The first kappa shape index (κ1) is 20.9. The maximum Gasteiger partial charge on any atom is 0.253 e. The van der Waals surface area contributed by atoms with Crippen LogP contribution >= 0.6 is 0 Å². The number of fused-ring (bicyclic) bond motifs is 1. The zero-order valence-corrected chi connectivity index (χ0v) is 19.1. The average molecular weight is 430 g/mol. The smallest absolute Gasteiger partial charge is 0.253 e. The summed E-state index contributed by atoms with van der Waals surface area (Å²) in [6.45, 7) is 10.5. The molecule has 0 radical (unpaired) electrons. The summed E-state index contributed by atoms with van der Waals surface area (Å²) in [7, 11) is 0. The summed E-state index contributed by atoms with van der Waals surface area (Å²) in [4.78, 5) is 22.4. The summed E-state index contributed by atoms with van der Waals surface area (Å²) < 4.78 is 0. The van der Waals surface area contributed by atoms with E-state index in [2.05, 4.69) is 53.2 Å². The minimum atomic E-state index is -0.229. The van der Waals surface area contributed by atoms with Crippen LogP contribution in [0.5, 0.6) is 0 Å². The monoisotopic (exact) mass is 429 g/mol. The van der Waals surface area contributed by atoms with Gasteiger partial charge in [-0.3, -0.25) is 14.8 Å². The topological polar surface area (TPSA) is 65.1 Å². The number of carbonyl (C=O) groups excluding carboxylic acids is 1. The van der Waals surface area contributed by atoms with Gasteiger partial charge in [0.05, 0.1) is 5.41 Å². The molecule has 1 N–H and O–H groups in total. The third kappa shape index (κ3) is 3.73. The van der Waals surface area contributed by atoms with Crippen LogP contribution in [0, 0.1) is 12.8 Å². The Bertz CT molecular complexity index is 1090. The fourth-order valence-electron chi connectivity index (χ4n) is 5.36. The second kappa shape index (κ2) is 8.17. The first-order valence-corrected chi connectivity index (χ1v) is 11.5. The Morgan fingerprint density at radius 2 is 1.84 bits per heavy atom. The fourth-order valence-corrected chi connectivity index (χ4v) is 5.36. The van der Waals surface area contributed by atoms with E-state index in [1.165, 1.54) is 11.1 Å². The molecule has 1 aromatic heterocycles. The number of amides is 1. The zero-order chi connectivity index (χ0) is 22.3. The highest BCUT2D eigenvalue weighted by molar-refractivity contribution is 5.94. The number of nitrogens with one attached hydrogen (secondary N) is 1. The lowest BCUT2D eigenvalue weighted by Crippen LogP contribution is -2.40. The predicted molar refractivity (Wildman–Crippen MR) is 124 cm³/mol. The molecule has 2 aliphatic rings. The number of H-pyrrole nitrogens is 1. The van der Waals surface area contributed by atoms with Crippen molar-refractivity contribution < 1.29 is 4.79 Å². The number of hydrogen-bond acceptors (Lipinski definition) is 4. The van der Waals surface area contributed by atoms with Gasteiger partial charge in [0.2, 0.25) is 0 Å². The van der Waals surface area contributed by atoms with Crippen LogP contribution in [0.15, 0.2) is 54.6 Å². The van der Waals surface area contributed by atoms with Crippen LogP contribution in [0.1, 0.15) is 52.9 Å². The highest BCUT2D eigenvalue weighted by Gasteiger charge is 2.56. The lowest BCUT2D eigenvalue weighted by atomic mass is 9.80. The van der Waals surface area contributed by atoms with E-state index in [1.54, 1.807) is 0 Å². The van der Waals surface area contributed by atoms with Crippen molar-refractivity contribution in [3.8, 4) is 0 Å². The van der Waals surface area contributed by atoms with Crippen molar-refractivity contribution in [2.45, 2.75) is 38.6 Å². The van der Waals surface area contributed by atoms with Crippen molar-refractivity contribution in [2.24, 2.45) is 5.92 Å². The van der Waals surface area contributed by atoms with E-state index in [0.29, 0.717) is 18.4 Å². The van der Waals surface area contributed by atoms with Crippen LogP contribution < -0.4 is 0 Å². The maximum absolute atomic E-state index is 13.2. The van der Waals surface area contributed by atoms with Gasteiger partial charge in [-0.2, -0.15) is 5.10 Å². The summed E-state index contributed by atoms with van der Waals surface area (Å²) >= 11 is 0. The van der Waals surface area contributed by atoms with Gasteiger partial charge in [0.1, 0.15) is 5.82 Å². The summed E-state index contributed by atoms with van der Waals surface area (Å²) in [5, 5.41) is 7.60. The molecule has 2 fully saturated rings. The first-order chi connectivity index (χ1) is 15.4. The van der Waals surface area contributed by atoms with E-state index in [0.717, 1.165) is 43.4 Å². The lowest BCUT2D eigenvalue weighted by molar-refractivity contribution is 0.0769. The van der Waals surface area contributed by atoms with E-state index >= 15 is 0 Å². The van der Waals surface area contributed by atoms with Crippen LogP contribution in [0.3, 0.4) is 0 Å². The molecule has 2 saturated heterocycles. The summed E-state index contributed by atoms with van der Waals surface area (Å²) in [5.41, 5.74) is 3.21. The van der Waals surface area contributed by atoms with Crippen LogP contribution in [0.4, 0.5) is 0 Å². The summed E-state index contributed by atoms with van der Waals surface area (Å²) in [5.74, 6) is 2.63. The number of rotatable bonds is 5. The number of hydrogen-bond donors (Lipinski definition) is 1. The second-order valence-electron chi connectivity index (χ2n) is 9.72. The van der Waals surface area contributed by atoms with Crippen LogP contribution in [0.2, 0.25) is 0 Å². The van der Waals surface area contributed by atoms with Crippen molar-refractivity contribution in [1.29, 1.82) is 0 Å². The SMILES string of the molecule is Cc1nc([C@@]23CN(Cc4ccc(C(C)C)cc4)C[C@@H]2CN(C(=O)c2ccccc2)C3)n[nH]1. The van der Waals surface area contributed by atoms with E-state index < -0.39 is 0 Å². The Balaban J connectivity index is 1.37. The van der Waals surface area contributed by atoms with Gasteiger partial charge in [-0.05, 0) is 36.1 Å². The van der Waals surface area contributed by atoms with E-state index in [-0.39, 0.29) is 11.3 Å². The molecule has 0 unspecified atom stereocenters. The minimum Gasteiger partial charge on any atom is -0.337 e. The van der Waals surface area contributed by atoms with Crippen LogP contribution in [-0.2, 0) is 12.0 Å². The molecule has 2 aliphatic heterocycles. The molecular weight excluding hydrogens is 398 g/mol. The molecule has 5 rings (SSSR count). The number of aromatic nitrogens is 3. The molecule has 166 valence electrons.